The summed E-state index contributed by atoms with van der Waals surface area (Å²) in [5, 5.41) is 3.90. The van der Waals surface area contributed by atoms with Crippen molar-refractivity contribution in [1.82, 2.24) is 0 Å². The van der Waals surface area contributed by atoms with Crippen molar-refractivity contribution in [3.63, 3.8) is 0 Å². The van der Waals surface area contributed by atoms with Crippen LogP contribution >= 0.6 is 11.3 Å². The van der Waals surface area contributed by atoms with Gasteiger partial charge in [-0.15, -0.1) is 11.3 Å². The molecular formula is C17H15NS. The van der Waals surface area contributed by atoms with Gasteiger partial charge >= 0.3 is 0 Å². The van der Waals surface area contributed by atoms with Gasteiger partial charge in [0.1, 0.15) is 0 Å². The average Bonchev–Trinajstić information content (AvgIpc) is 2.78. The van der Waals surface area contributed by atoms with Gasteiger partial charge in [0.2, 0.25) is 0 Å². The van der Waals surface area contributed by atoms with Crippen LogP contribution in [0.3, 0.4) is 0 Å². The summed E-state index contributed by atoms with van der Waals surface area (Å²) < 4.78 is 1.33. The Hall–Kier alpha value is -2.06. The first-order valence-electron chi connectivity index (χ1n) is 6.30. The van der Waals surface area contributed by atoms with Crippen molar-refractivity contribution in [3.05, 3.63) is 59.1 Å². The lowest BCUT2D eigenvalue weighted by molar-refractivity contribution is 1.64. The largest absolute Gasteiger partial charge is 0.405 e. The normalized spacial score (nSPS) is 12.3. The molecule has 19 heavy (non-hydrogen) atoms. The third-order valence-corrected chi connectivity index (χ3v) is 4.45. The van der Waals surface area contributed by atoms with Crippen LogP contribution in [0.2, 0.25) is 0 Å². The molecule has 0 aliphatic rings. The predicted octanol–water partition coefficient (Wildman–Crippen LogP) is 5.02. The fourth-order valence-corrected chi connectivity index (χ4v) is 3.65. The fraction of sp³-hybridized carbons (Fsp3) is 0.0588. The third kappa shape index (κ3) is 1.94. The molecule has 0 saturated heterocycles. The molecule has 1 aromatic heterocycles. The molecule has 1 heterocycles. The van der Waals surface area contributed by atoms with Crippen molar-refractivity contribution >= 4 is 44.3 Å². The van der Waals surface area contributed by atoms with Crippen molar-refractivity contribution in [3.8, 4) is 0 Å². The van der Waals surface area contributed by atoms with E-state index < -0.39 is 0 Å². The zero-order valence-corrected chi connectivity index (χ0v) is 11.6. The molecule has 3 aromatic rings. The van der Waals surface area contributed by atoms with Crippen molar-refractivity contribution in [2.45, 2.75) is 6.92 Å². The van der Waals surface area contributed by atoms with Gasteiger partial charge in [0, 0.05) is 20.5 Å². The van der Waals surface area contributed by atoms with Gasteiger partial charge in [0.05, 0.1) is 0 Å². The maximum absolute atomic E-state index is 5.56. The highest BCUT2D eigenvalue weighted by Crippen LogP contribution is 2.37. The molecule has 0 unspecified atom stereocenters. The Labute approximate surface area is 116 Å². The molecule has 0 fully saturated rings. The van der Waals surface area contributed by atoms with Crippen molar-refractivity contribution < 1.29 is 0 Å². The first kappa shape index (κ1) is 12.0. The molecule has 1 nitrogen and oxygen atoms in total. The summed E-state index contributed by atoms with van der Waals surface area (Å²) in [6.45, 7) is 2.04. The maximum Gasteiger partial charge on any atom is 0.0433 e. The molecule has 0 spiro atoms. The molecule has 2 heteroatoms. The Morgan fingerprint density at radius 2 is 1.84 bits per heavy atom. The van der Waals surface area contributed by atoms with E-state index in [1.165, 1.54) is 31.3 Å². The van der Waals surface area contributed by atoms with Crippen LogP contribution in [-0.2, 0) is 0 Å². The first-order valence-corrected chi connectivity index (χ1v) is 7.12. The van der Waals surface area contributed by atoms with E-state index in [0.29, 0.717) is 0 Å². The smallest absolute Gasteiger partial charge is 0.0433 e. The molecule has 0 radical (unpaired) electrons. The molecule has 0 amide bonds. The number of hydrogen-bond acceptors (Lipinski definition) is 2. The second-order valence-corrected chi connectivity index (χ2v) is 5.45. The van der Waals surface area contributed by atoms with Crippen LogP contribution in [0.1, 0.15) is 17.4 Å². The molecule has 0 aliphatic carbocycles. The van der Waals surface area contributed by atoms with Crippen molar-refractivity contribution in [2.24, 2.45) is 5.73 Å². The lowest BCUT2D eigenvalue weighted by Crippen LogP contribution is -1.77. The van der Waals surface area contributed by atoms with Crippen molar-refractivity contribution in [2.75, 3.05) is 0 Å². The second-order valence-electron chi connectivity index (χ2n) is 4.40. The average molecular weight is 265 g/mol. The van der Waals surface area contributed by atoms with E-state index in [1.54, 1.807) is 17.5 Å². The summed E-state index contributed by atoms with van der Waals surface area (Å²) in [7, 11) is 0. The standard InChI is InChI=1S/C17H15NS/c1-2-5-14-15-9-8-12-6-3-4-7-13(12)17(15)19-16(14)10-11-18/h2-11H,18H2,1H3/b5-2-,11-10+. The molecule has 0 bridgehead atoms. The molecular weight excluding hydrogens is 250 g/mol. The monoisotopic (exact) mass is 265 g/mol. The topological polar surface area (TPSA) is 26.0 Å². The summed E-state index contributed by atoms with van der Waals surface area (Å²) in [5.74, 6) is 0. The maximum atomic E-state index is 5.56. The highest BCUT2D eigenvalue weighted by Gasteiger charge is 2.10. The minimum absolute atomic E-state index is 1.21. The molecule has 0 aliphatic heterocycles. The van der Waals surface area contributed by atoms with Crippen LogP contribution in [0.5, 0.6) is 0 Å². The van der Waals surface area contributed by atoms with E-state index in [0.717, 1.165) is 0 Å². The van der Waals surface area contributed by atoms with E-state index >= 15 is 0 Å². The van der Waals surface area contributed by atoms with E-state index in [9.17, 15) is 0 Å². The Kier molecular flexibility index (Phi) is 3.10. The van der Waals surface area contributed by atoms with Gasteiger partial charge in [-0.1, -0.05) is 48.6 Å². The fourth-order valence-electron chi connectivity index (χ4n) is 2.41. The van der Waals surface area contributed by atoms with Gasteiger partial charge in [-0.3, -0.25) is 0 Å². The summed E-state index contributed by atoms with van der Waals surface area (Å²) in [6, 6.07) is 12.9. The van der Waals surface area contributed by atoms with Gasteiger partial charge < -0.3 is 5.73 Å². The van der Waals surface area contributed by atoms with Crippen LogP contribution in [0.15, 0.2) is 48.7 Å². The summed E-state index contributed by atoms with van der Waals surface area (Å²) in [5.41, 5.74) is 6.82. The van der Waals surface area contributed by atoms with Crippen molar-refractivity contribution in [1.29, 1.82) is 0 Å². The van der Waals surface area contributed by atoms with Crippen LogP contribution in [0.25, 0.3) is 33.0 Å². The minimum Gasteiger partial charge on any atom is -0.405 e. The predicted molar refractivity (Wildman–Crippen MR) is 87.3 cm³/mol. The van der Waals surface area contributed by atoms with Crippen LogP contribution in [0.4, 0.5) is 0 Å². The Morgan fingerprint density at radius 1 is 1.00 bits per heavy atom. The molecule has 3 rings (SSSR count). The second kappa shape index (κ2) is 4.90. The van der Waals surface area contributed by atoms with E-state index in [-0.39, 0.29) is 0 Å². The highest BCUT2D eigenvalue weighted by molar-refractivity contribution is 7.21. The zero-order chi connectivity index (χ0) is 13.2. The highest BCUT2D eigenvalue weighted by atomic mass is 32.1. The first-order chi connectivity index (χ1) is 9.35. The van der Waals surface area contributed by atoms with Crippen LogP contribution < -0.4 is 5.73 Å². The number of thiophene rings is 1. The summed E-state index contributed by atoms with van der Waals surface area (Å²) in [6.07, 6.45) is 7.82. The lowest BCUT2D eigenvalue weighted by Gasteiger charge is -1.99. The number of allylic oxidation sites excluding steroid dienone is 1. The summed E-state index contributed by atoms with van der Waals surface area (Å²) >= 11 is 1.80. The molecule has 2 aromatic carbocycles. The number of hydrogen-bond donors (Lipinski definition) is 1. The number of nitrogens with two attached hydrogens (primary N) is 1. The Bertz CT molecular complexity index is 793. The number of benzene rings is 2. The zero-order valence-electron chi connectivity index (χ0n) is 10.8. The Morgan fingerprint density at radius 3 is 2.63 bits per heavy atom. The van der Waals surface area contributed by atoms with Gasteiger partial charge in [0.25, 0.3) is 0 Å². The van der Waals surface area contributed by atoms with Gasteiger partial charge in [0.15, 0.2) is 0 Å². The molecule has 0 atom stereocenters. The molecule has 2 N–H and O–H groups in total. The summed E-state index contributed by atoms with van der Waals surface area (Å²) in [4.78, 5) is 1.21. The number of fused-ring (bicyclic) bond motifs is 3. The van der Waals surface area contributed by atoms with Gasteiger partial charge in [-0.05, 0) is 30.0 Å². The Balaban J connectivity index is 2.45. The molecule has 94 valence electrons. The van der Waals surface area contributed by atoms with Gasteiger partial charge in [-0.2, -0.15) is 0 Å². The minimum atomic E-state index is 1.21. The van der Waals surface area contributed by atoms with E-state index in [2.05, 4.69) is 48.6 Å². The van der Waals surface area contributed by atoms with Crippen LogP contribution in [0, 0.1) is 0 Å². The van der Waals surface area contributed by atoms with Gasteiger partial charge in [-0.25, -0.2) is 0 Å². The van der Waals surface area contributed by atoms with E-state index in [4.69, 9.17) is 5.73 Å². The quantitative estimate of drug-likeness (QED) is 0.692. The lowest BCUT2D eigenvalue weighted by atomic mass is 10.0. The van der Waals surface area contributed by atoms with Crippen LogP contribution in [-0.4, -0.2) is 0 Å². The SMILES string of the molecule is C/C=C\c1c(/C=C/N)sc2c1ccc1ccccc12. The molecule has 0 saturated carbocycles. The number of rotatable bonds is 2. The van der Waals surface area contributed by atoms with E-state index in [1.807, 2.05) is 13.0 Å². The third-order valence-electron chi connectivity index (χ3n) is 3.23.